The summed E-state index contributed by atoms with van der Waals surface area (Å²) in [6.07, 6.45) is -3.03. The predicted octanol–water partition coefficient (Wildman–Crippen LogP) is 2.48. The Morgan fingerprint density at radius 3 is 2.20 bits per heavy atom. The molecular weight excluding hydrogens is 446 g/mol. The van der Waals surface area contributed by atoms with Gasteiger partial charge in [-0.1, -0.05) is 13.8 Å². The van der Waals surface area contributed by atoms with Gasteiger partial charge in [0.15, 0.2) is 5.96 Å². The molecule has 0 aliphatic carbocycles. The molecule has 1 aliphatic rings. The fourth-order valence-electron chi connectivity index (χ4n) is 2.93. The molecule has 150 valence electrons. The summed E-state index contributed by atoms with van der Waals surface area (Å²) in [5.74, 6) is 0.780. The lowest BCUT2D eigenvalue weighted by molar-refractivity contribution is -0.181. The zero-order valence-corrected chi connectivity index (χ0v) is 18.1. The molecule has 1 rings (SSSR count). The highest BCUT2D eigenvalue weighted by Crippen LogP contribution is 2.25. The van der Waals surface area contributed by atoms with Crippen molar-refractivity contribution < 1.29 is 13.2 Å². The van der Waals surface area contributed by atoms with Crippen LogP contribution in [-0.2, 0) is 0 Å². The first-order valence-electron chi connectivity index (χ1n) is 8.82. The lowest BCUT2D eigenvalue weighted by Gasteiger charge is -2.39. The third-order valence-electron chi connectivity index (χ3n) is 4.55. The van der Waals surface area contributed by atoms with Crippen LogP contribution in [-0.4, -0.2) is 92.3 Å². The van der Waals surface area contributed by atoms with Crippen LogP contribution in [0.3, 0.4) is 0 Å². The molecule has 1 saturated heterocycles. The van der Waals surface area contributed by atoms with Crippen LogP contribution in [0.15, 0.2) is 4.99 Å². The van der Waals surface area contributed by atoms with Gasteiger partial charge in [0.1, 0.15) is 6.04 Å². The first-order chi connectivity index (χ1) is 11.3. The van der Waals surface area contributed by atoms with Crippen molar-refractivity contribution in [1.82, 2.24) is 20.0 Å². The van der Waals surface area contributed by atoms with Crippen LogP contribution in [0, 0.1) is 0 Å². The molecule has 1 atom stereocenters. The van der Waals surface area contributed by atoms with Gasteiger partial charge in [0.25, 0.3) is 0 Å². The van der Waals surface area contributed by atoms with E-state index in [1.54, 1.807) is 7.05 Å². The molecule has 5 nitrogen and oxygen atoms in total. The van der Waals surface area contributed by atoms with Crippen LogP contribution >= 0.6 is 24.0 Å². The van der Waals surface area contributed by atoms with Gasteiger partial charge in [-0.05, 0) is 26.4 Å². The van der Waals surface area contributed by atoms with Gasteiger partial charge in [0.05, 0.1) is 0 Å². The number of alkyl halides is 3. The van der Waals surface area contributed by atoms with Crippen molar-refractivity contribution in [2.45, 2.75) is 39.4 Å². The van der Waals surface area contributed by atoms with E-state index in [4.69, 9.17) is 0 Å². The first-order valence-corrected chi connectivity index (χ1v) is 8.82. The van der Waals surface area contributed by atoms with E-state index in [1.165, 1.54) is 11.8 Å². The highest BCUT2D eigenvalue weighted by atomic mass is 127. The van der Waals surface area contributed by atoms with Crippen molar-refractivity contribution >= 4 is 29.9 Å². The van der Waals surface area contributed by atoms with E-state index in [2.05, 4.69) is 29.1 Å². The Hall–Kier alpha value is -0.290. The van der Waals surface area contributed by atoms with E-state index >= 15 is 0 Å². The van der Waals surface area contributed by atoms with Gasteiger partial charge in [-0.2, -0.15) is 13.2 Å². The van der Waals surface area contributed by atoms with E-state index in [0.29, 0.717) is 26.2 Å². The third kappa shape index (κ3) is 8.29. The number of nitrogens with one attached hydrogen (secondary N) is 1. The van der Waals surface area contributed by atoms with Gasteiger partial charge in [0, 0.05) is 46.3 Å². The zero-order valence-electron chi connectivity index (χ0n) is 15.8. The second kappa shape index (κ2) is 12.2. The summed E-state index contributed by atoms with van der Waals surface area (Å²) in [5, 5.41) is 3.33. The second-order valence-electron chi connectivity index (χ2n) is 6.15. The second-order valence-corrected chi connectivity index (χ2v) is 6.15. The van der Waals surface area contributed by atoms with Crippen molar-refractivity contribution in [3.05, 3.63) is 0 Å². The maximum atomic E-state index is 12.8. The third-order valence-corrected chi connectivity index (χ3v) is 4.55. The van der Waals surface area contributed by atoms with E-state index < -0.39 is 12.2 Å². The molecule has 1 unspecified atom stereocenters. The monoisotopic (exact) mass is 479 g/mol. The average molecular weight is 479 g/mol. The number of nitrogens with zero attached hydrogens (tertiary/aromatic N) is 4. The molecule has 0 aromatic carbocycles. The molecule has 0 spiro atoms. The highest BCUT2D eigenvalue weighted by Gasteiger charge is 2.41. The summed E-state index contributed by atoms with van der Waals surface area (Å²) in [5.41, 5.74) is 0. The topological polar surface area (TPSA) is 34.1 Å². The van der Waals surface area contributed by atoms with E-state index in [1.807, 2.05) is 4.90 Å². The minimum atomic E-state index is -4.16. The maximum Gasteiger partial charge on any atom is 0.403 e. The van der Waals surface area contributed by atoms with E-state index in [0.717, 1.165) is 38.6 Å². The molecule has 0 saturated carbocycles. The Morgan fingerprint density at radius 1 is 1.16 bits per heavy atom. The number of aliphatic imine (C=N–C) groups is 1. The van der Waals surface area contributed by atoms with Gasteiger partial charge >= 0.3 is 6.18 Å². The molecule has 1 heterocycles. The summed E-state index contributed by atoms with van der Waals surface area (Å²) in [7, 11) is 1.72. The van der Waals surface area contributed by atoms with Gasteiger partial charge in [-0.3, -0.25) is 9.89 Å². The molecule has 0 aromatic heterocycles. The molecule has 9 heteroatoms. The highest BCUT2D eigenvalue weighted by molar-refractivity contribution is 14.0. The van der Waals surface area contributed by atoms with Crippen molar-refractivity contribution in [3.63, 3.8) is 0 Å². The Balaban J connectivity index is 0.00000576. The Labute approximate surface area is 167 Å². The van der Waals surface area contributed by atoms with E-state index in [-0.39, 0.29) is 24.0 Å². The van der Waals surface area contributed by atoms with Crippen LogP contribution in [0.2, 0.25) is 0 Å². The molecule has 0 radical (unpaired) electrons. The summed E-state index contributed by atoms with van der Waals surface area (Å²) in [6, 6.07) is -1.39. The first kappa shape index (κ1) is 24.7. The number of hydrogen-bond donors (Lipinski definition) is 1. The van der Waals surface area contributed by atoms with Gasteiger partial charge in [-0.15, -0.1) is 24.0 Å². The van der Waals surface area contributed by atoms with Crippen LogP contribution in [0.25, 0.3) is 0 Å². The molecule has 0 aromatic rings. The Bertz CT molecular complexity index is 384. The Kier molecular flexibility index (Phi) is 12.0. The number of likely N-dealkylation sites (N-methyl/N-ethyl adjacent to an activating group) is 1. The molecule has 1 N–H and O–H groups in total. The number of halogens is 4. The minimum absolute atomic E-state index is 0. The largest absolute Gasteiger partial charge is 0.403 e. The molecule has 0 bridgehead atoms. The van der Waals surface area contributed by atoms with Crippen LogP contribution in [0.5, 0.6) is 0 Å². The fraction of sp³-hybridized carbons (Fsp3) is 0.938. The van der Waals surface area contributed by atoms with Crippen LogP contribution < -0.4 is 5.32 Å². The SMILES string of the molecule is CCCN(CC)CCNC(=NC)N1CCN(C(C)C(F)(F)F)CC1.I. The molecule has 1 fully saturated rings. The standard InChI is InChI=1S/C16H32F3N5.HI/c1-5-8-22(6-2)9-7-21-15(20-4)24-12-10-23(11-13-24)14(3)16(17,18)19;/h14H,5-13H2,1-4H3,(H,20,21);1H. The zero-order chi connectivity index (χ0) is 18.2. The van der Waals surface area contributed by atoms with Crippen molar-refractivity contribution in [2.75, 3.05) is 59.4 Å². The number of piperazine rings is 1. The lowest BCUT2D eigenvalue weighted by Crippen LogP contribution is -2.57. The number of hydrogen-bond acceptors (Lipinski definition) is 3. The quantitative estimate of drug-likeness (QED) is 0.346. The molecule has 25 heavy (non-hydrogen) atoms. The normalized spacial score (nSPS) is 18.2. The van der Waals surface area contributed by atoms with Crippen LogP contribution in [0.1, 0.15) is 27.2 Å². The van der Waals surface area contributed by atoms with Crippen molar-refractivity contribution in [2.24, 2.45) is 4.99 Å². The summed E-state index contributed by atoms with van der Waals surface area (Å²) in [6.45, 7) is 11.3. The minimum Gasteiger partial charge on any atom is -0.355 e. The van der Waals surface area contributed by atoms with Crippen molar-refractivity contribution in [1.29, 1.82) is 0 Å². The summed E-state index contributed by atoms with van der Waals surface area (Å²) in [4.78, 5) is 10.2. The van der Waals surface area contributed by atoms with Gasteiger partial charge in [0.2, 0.25) is 0 Å². The summed E-state index contributed by atoms with van der Waals surface area (Å²) >= 11 is 0. The number of guanidine groups is 1. The molecular formula is C16H33F3IN5. The Morgan fingerprint density at radius 2 is 1.76 bits per heavy atom. The van der Waals surface area contributed by atoms with Gasteiger partial charge < -0.3 is 15.1 Å². The average Bonchev–Trinajstić information content (AvgIpc) is 2.56. The van der Waals surface area contributed by atoms with Crippen LogP contribution in [0.4, 0.5) is 13.2 Å². The summed E-state index contributed by atoms with van der Waals surface area (Å²) < 4.78 is 38.4. The van der Waals surface area contributed by atoms with Gasteiger partial charge in [-0.25, -0.2) is 0 Å². The van der Waals surface area contributed by atoms with Crippen molar-refractivity contribution in [3.8, 4) is 0 Å². The fourth-order valence-corrected chi connectivity index (χ4v) is 2.93. The molecule has 0 amide bonds. The predicted molar refractivity (Wildman–Crippen MR) is 108 cm³/mol. The molecule has 1 aliphatic heterocycles. The lowest BCUT2D eigenvalue weighted by atomic mass is 10.2. The van der Waals surface area contributed by atoms with E-state index in [9.17, 15) is 13.2 Å². The smallest absolute Gasteiger partial charge is 0.355 e. The maximum absolute atomic E-state index is 12.8. The number of rotatable bonds is 7.